The smallest absolute Gasteiger partial charge is 0.220 e. The third kappa shape index (κ3) is 3.45. The monoisotopic (exact) mass is 291 g/mol. The Labute approximate surface area is 122 Å². The molecule has 5 nitrogen and oxygen atoms in total. The van der Waals surface area contributed by atoms with Gasteiger partial charge in [-0.25, -0.2) is 0 Å². The van der Waals surface area contributed by atoms with Crippen LogP contribution < -0.4 is 5.73 Å². The largest absolute Gasteiger partial charge is 0.369 e. The zero-order chi connectivity index (χ0) is 14.7. The van der Waals surface area contributed by atoms with Gasteiger partial charge in [-0.05, 0) is 31.0 Å². The normalized spacial score (nSPS) is 19.5. The lowest BCUT2D eigenvalue weighted by molar-refractivity contribution is -0.121. The van der Waals surface area contributed by atoms with Gasteiger partial charge in [0.1, 0.15) is 11.1 Å². The molecule has 0 bridgehead atoms. The van der Waals surface area contributed by atoms with Gasteiger partial charge in [0.25, 0.3) is 0 Å². The van der Waals surface area contributed by atoms with Crippen molar-refractivity contribution >= 4 is 28.5 Å². The summed E-state index contributed by atoms with van der Waals surface area (Å²) in [6.07, 6.45) is 2.28. The van der Waals surface area contributed by atoms with Crippen molar-refractivity contribution in [2.75, 3.05) is 5.75 Å². The fraction of sp³-hybridized carbons (Fsp3) is 0.429. The fourth-order valence-electron chi connectivity index (χ4n) is 1.89. The molecule has 2 N–H and O–H groups in total. The molecule has 0 aliphatic carbocycles. The number of Topliss-reactive ketones (excluding diaryl/α,β-unsaturated/α-hetero) is 1. The van der Waals surface area contributed by atoms with Gasteiger partial charge in [0.05, 0.1) is 5.69 Å². The van der Waals surface area contributed by atoms with Crippen LogP contribution in [-0.4, -0.2) is 33.5 Å². The molecule has 0 fully saturated rings. The first-order valence-electron chi connectivity index (χ1n) is 6.43. The molecule has 2 heterocycles. The second kappa shape index (κ2) is 6.17. The number of nitrogens with two attached hydrogens (primary N) is 1. The Bertz CT molecular complexity index is 571. The maximum absolute atomic E-state index is 11.3. The molecule has 2 rings (SSSR count). The molecular formula is C14H17N3O2S. The molecule has 2 atom stereocenters. The quantitative estimate of drug-likeness (QED) is 0.883. The second-order valence-corrected chi connectivity index (χ2v) is 5.94. The number of carbonyl (C=O) groups excluding carboxylic acids is 2. The molecule has 0 aromatic carbocycles. The Hall–Kier alpha value is -1.69. The van der Waals surface area contributed by atoms with Crippen LogP contribution in [-0.2, 0) is 16.0 Å². The predicted molar refractivity (Wildman–Crippen MR) is 79.8 cm³/mol. The number of pyridine rings is 1. The van der Waals surface area contributed by atoms with Gasteiger partial charge in [0.2, 0.25) is 5.91 Å². The van der Waals surface area contributed by atoms with Crippen molar-refractivity contribution in [3.63, 3.8) is 0 Å². The Morgan fingerprint density at radius 1 is 1.55 bits per heavy atom. The number of amides is 1. The molecule has 6 heteroatoms. The number of aliphatic imine (C=N–C) groups is 1. The summed E-state index contributed by atoms with van der Waals surface area (Å²) < 4.78 is 0. The van der Waals surface area contributed by atoms with Gasteiger partial charge in [0, 0.05) is 17.9 Å². The number of thioether (sulfide) groups is 1. The zero-order valence-corrected chi connectivity index (χ0v) is 12.3. The van der Waals surface area contributed by atoms with Gasteiger partial charge in [-0.15, -0.1) is 11.8 Å². The van der Waals surface area contributed by atoms with Crippen LogP contribution in [0, 0.1) is 5.92 Å². The van der Waals surface area contributed by atoms with E-state index in [9.17, 15) is 9.59 Å². The van der Waals surface area contributed by atoms with E-state index in [0.29, 0.717) is 12.2 Å². The molecule has 0 unspecified atom stereocenters. The summed E-state index contributed by atoms with van der Waals surface area (Å²) in [5, 5.41) is 0.791. The minimum Gasteiger partial charge on any atom is -0.369 e. The maximum atomic E-state index is 11.3. The van der Waals surface area contributed by atoms with Gasteiger partial charge in [0.15, 0.2) is 5.78 Å². The number of ketones is 1. The minimum atomic E-state index is -0.312. The van der Waals surface area contributed by atoms with E-state index < -0.39 is 0 Å². The highest BCUT2D eigenvalue weighted by molar-refractivity contribution is 8.14. The average molecular weight is 291 g/mol. The molecule has 0 radical (unpaired) electrons. The number of nitrogens with zero attached hydrogens (tertiary/aromatic N) is 2. The summed E-state index contributed by atoms with van der Waals surface area (Å²) in [5.74, 6) is 0.223. The Kier molecular flexibility index (Phi) is 4.54. The van der Waals surface area contributed by atoms with Crippen molar-refractivity contribution in [3.05, 3.63) is 29.6 Å². The van der Waals surface area contributed by atoms with E-state index in [2.05, 4.69) is 9.98 Å². The van der Waals surface area contributed by atoms with Crippen LogP contribution in [0.2, 0.25) is 0 Å². The lowest BCUT2D eigenvalue weighted by Crippen LogP contribution is -2.22. The van der Waals surface area contributed by atoms with Gasteiger partial charge >= 0.3 is 0 Å². The van der Waals surface area contributed by atoms with Gasteiger partial charge in [-0.2, -0.15) is 0 Å². The summed E-state index contributed by atoms with van der Waals surface area (Å²) in [5.41, 5.74) is 7.03. The third-order valence-corrected chi connectivity index (χ3v) is 4.26. The number of hydrogen-bond donors (Lipinski definition) is 1. The summed E-state index contributed by atoms with van der Waals surface area (Å²) in [6.45, 7) is 3.35. The van der Waals surface area contributed by atoms with E-state index in [1.165, 1.54) is 0 Å². The molecule has 20 heavy (non-hydrogen) atoms. The molecule has 0 spiro atoms. The first kappa shape index (κ1) is 14.7. The van der Waals surface area contributed by atoms with E-state index in [-0.39, 0.29) is 23.7 Å². The van der Waals surface area contributed by atoms with E-state index in [0.717, 1.165) is 16.3 Å². The van der Waals surface area contributed by atoms with Crippen molar-refractivity contribution in [3.8, 4) is 0 Å². The number of carbonyl (C=O) groups is 2. The first-order valence-corrected chi connectivity index (χ1v) is 7.41. The summed E-state index contributed by atoms with van der Waals surface area (Å²) in [4.78, 5) is 31.1. The molecule has 106 valence electrons. The summed E-state index contributed by atoms with van der Waals surface area (Å²) >= 11 is 1.54. The maximum Gasteiger partial charge on any atom is 0.220 e. The van der Waals surface area contributed by atoms with E-state index in [4.69, 9.17) is 5.73 Å². The van der Waals surface area contributed by atoms with Crippen molar-refractivity contribution in [1.29, 1.82) is 0 Å². The predicted octanol–water partition coefficient (Wildman–Crippen LogP) is 1.20. The molecular weight excluding hydrogens is 274 g/mol. The highest BCUT2D eigenvalue weighted by Crippen LogP contribution is 2.23. The van der Waals surface area contributed by atoms with Crippen molar-refractivity contribution in [2.45, 2.75) is 26.3 Å². The number of aromatic nitrogens is 1. The Morgan fingerprint density at radius 2 is 2.30 bits per heavy atom. The standard InChI is InChI=1S/C14H17N3O2S/c1-8(13(15)19)5-10-3-4-16-11(6-10)14-17-12(7-20-14)9(2)18/h3-4,6,8,12H,5,7H2,1-2H3,(H2,15,19)/t8-,12-/m0/s1. The molecule has 1 aromatic heterocycles. The Balaban J connectivity index is 2.16. The molecule has 1 aromatic rings. The van der Waals surface area contributed by atoms with E-state index >= 15 is 0 Å². The van der Waals surface area contributed by atoms with Crippen LogP contribution in [0.15, 0.2) is 23.3 Å². The number of rotatable bonds is 5. The minimum absolute atomic E-state index is 0.0750. The summed E-state index contributed by atoms with van der Waals surface area (Å²) in [6, 6.07) is 3.52. The zero-order valence-electron chi connectivity index (χ0n) is 11.5. The van der Waals surface area contributed by atoms with Crippen LogP contribution in [0.4, 0.5) is 0 Å². The molecule has 1 aliphatic rings. The van der Waals surface area contributed by atoms with Crippen molar-refractivity contribution < 1.29 is 9.59 Å². The number of primary amides is 1. The second-order valence-electron chi connectivity index (χ2n) is 4.93. The van der Waals surface area contributed by atoms with Crippen LogP contribution in [0.25, 0.3) is 0 Å². The van der Waals surface area contributed by atoms with Crippen LogP contribution in [0.1, 0.15) is 25.1 Å². The molecule has 1 amide bonds. The lowest BCUT2D eigenvalue weighted by atomic mass is 10.0. The van der Waals surface area contributed by atoms with Crippen LogP contribution in [0.5, 0.6) is 0 Å². The highest BCUT2D eigenvalue weighted by atomic mass is 32.2. The van der Waals surface area contributed by atoms with Crippen LogP contribution >= 0.6 is 11.8 Å². The van der Waals surface area contributed by atoms with Gasteiger partial charge in [-0.1, -0.05) is 6.92 Å². The first-order chi connectivity index (χ1) is 9.47. The third-order valence-electron chi connectivity index (χ3n) is 3.19. The SMILES string of the molecule is CC(=O)[C@@H]1CSC(c2cc(C[C@H](C)C(N)=O)ccn2)=N1. The van der Waals surface area contributed by atoms with Crippen molar-refractivity contribution in [2.24, 2.45) is 16.6 Å². The summed E-state index contributed by atoms with van der Waals surface area (Å²) in [7, 11) is 0. The molecule has 0 saturated heterocycles. The molecule has 1 aliphatic heterocycles. The van der Waals surface area contributed by atoms with Gasteiger partial charge < -0.3 is 5.73 Å². The van der Waals surface area contributed by atoms with Gasteiger partial charge in [-0.3, -0.25) is 19.6 Å². The fourth-order valence-corrected chi connectivity index (χ4v) is 2.98. The van der Waals surface area contributed by atoms with E-state index in [1.54, 1.807) is 31.8 Å². The topological polar surface area (TPSA) is 85.4 Å². The average Bonchev–Trinajstić information content (AvgIpc) is 2.88. The highest BCUT2D eigenvalue weighted by Gasteiger charge is 2.23. The molecule has 0 saturated carbocycles. The Morgan fingerprint density at radius 3 is 2.90 bits per heavy atom. The van der Waals surface area contributed by atoms with Crippen molar-refractivity contribution in [1.82, 2.24) is 4.98 Å². The number of hydrogen-bond acceptors (Lipinski definition) is 5. The van der Waals surface area contributed by atoms with E-state index in [1.807, 2.05) is 12.1 Å². The van der Waals surface area contributed by atoms with Crippen LogP contribution in [0.3, 0.4) is 0 Å². The lowest BCUT2D eigenvalue weighted by Gasteiger charge is -2.08.